The second-order valence-corrected chi connectivity index (χ2v) is 5.71. The van der Waals surface area contributed by atoms with Crippen LogP contribution in [0.5, 0.6) is 0 Å². The normalized spacial score (nSPS) is 20.4. The summed E-state index contributed by atoms with van der Waals surface area (Å²) >= 11 is 6.02. The van der Waals surface area contributed by atoms with Gasteiger partial charge in [0.2, 0.25) is 0 Å². The predicted molar refractivity (Wildman–Crippen MR) is 74.4 cm³/mol. The van der Waals surface area contributed by atoms with Gasteiger partial charge in [-0.3, -0.25) is 0 Å². The molecule has 0 spiro atoms. The Hall–Kier alpha value is -0.530. The maximum Gasteiger partial charge on any atom is 0.0409 e. The van der Waals surface area contributed by atoms with E-state index in [0.717, 1.165) is 10.9 Å². The van der Waals surface area contributed by atoms with Gasteiger partial charge in [0.15, 0.2) is 0 Å². The Labute approximate surface area is 110 Å². The predicted octanol–water partition coefficient (Wildman–Crippen LogP) is 4.57. The van der Waals surface area contributed by atoms with Gasteiger partial charge in [-0.05, 0) is 50.3 Å². The molecule has 1 N–H and O–H groups in total. The van der Waals surface area contributed by atoms with E-state index >= 15 is 0 Å². The van der Waals surface area contributed by atoms with Crippen molar-refractivity contribution in [3.63, 3.8) is 0 Å². The summed E-state index contributed by atoms with van der Waals surface area (Å²) in [6, 6.07) is 9.13. The van der Waals surface area contributed by atoms with Gasteiger partial charge >= 0.3 is 0 Å². The molecule has 1 aromatic carbocycles. The molecule has 1 nitrogen and oxygen atoms in total. The fourth-order valence-corrected chi connectivity index (χ4v) is 3.06. The fourth-order valence-electron chi connectivity index (χ4n) is 2.86. The number of rotatable bonds is 4. The highest BCUT2D eigenvalue weighted by molar-refractivity contribution is 6.30. The van der Waals surface area contributed by atoms with Crippen molar-refractivity contribution in [1.82, 2.24) is 5.32 Å². The van der Waals surface area contributed by atoms with Crippen LogP contribution >= 0.6 is 11.6 Å². The molecule has 0 aliphatic heterocycles. The van der Waals surface area contributed by atoms with Gasteiger partial charge in [0, 0.05) is 17.1 Å². The number of hydrogen-bond acceptors (Lipinski definition) is 1. The first-order valence-corrected chi connectivity index (χ1v) is 7.06. The van der Waals surface area contributed by atoms with Crippen LogP contribution < -0.4 is 5.32 Å². The fraction of sp³-hybridized carbons (Fsp3) is 0.600. The van der Waals surface area contributed by atoms with Crippen molar-refractivity contribution in [3.05, 3.63) is 34.9 Å². The van der Waals surface area contributed by atoms with E-state index in [1.807, 2.05) is 12.1 Å². The number of benzene rings is 1. The van der Waals surface area contributed by atoms with Gasteiger partial charge in [-0.1, -0.05) is 36.6 Å². The summed E-state index contributed by atoms with van der Waals surface area (Å²) in [4.78, 5) is 0. The maximum atomic E-state index is 6.02. The zero-order valence-electron chi connectivity index (χ0n) is 10.7. The molecule has 0 radical (unpaired) electrons. The Morgan fingerprint density at radius 1 is 1.24 bits per heavy atom. The van der Waals surface area contributed by atoms with Crippen molar-refractivity contribution in [2.45, 2.75) is 51.6 Å². The highest BCUT2D eigenvalue weighted by Crippen LogP contribution is 2.29. The lowest BCUT2D eigenvalue weighted by Crippen LogP contribution is -2.34. The third kappa shape index (κ3) is 3.46. The number of nitrogens with one attached hydrogen (secondary N) is 1. The molecule has 1 aliphatic carbocycles. The molecular weight excluding hydrogens is 230 g/mol. The number of halogens is 1. The molecule has 0 aromatic heterocycles. The standard InChI is InChI=1S/C15H22ClN/c1-11(13-6-3-4-7-13)17-12(2)14-8-5-9-15(16)10-14/h5,8-13,17H,3-4,6-7H2,1-2H3/t11-,12?/m1/s1. The molecule has 2 heteroatoms. The molecule has 0 amide bonds. The van der Waals surface area contributed by atoms with E-state index in [0.29, 0.717) is 12.1 Å². The van der Waals surface area contributed by atoms with Gasteiger partial charge in [-0.25, -0.2) is 0 Å². The molecule has 0 saturated heterocycles. The number of hydrogen-bond donors (Lipinski definition) is 1. The quantitative estimate of drug-likeness (QED) is 0.827. The Bertz CT molecular complexity index is 358. The van der Waals surface area contributed by atoms with Crippen molar-refractivity contribution in [3.8, 4) is 0 Å². The van der Waals surface area contributed by atoms with Crippen molar-refractivity contribution >= 4 is 11.6 Å². The summed E-state index contributed by atoms with van der Waals surface area (Å²) in [6.07, 6.45) is 5.58. The minimum atomic E-state index is 0.379. The van der Waals surface area contributed by atoms with Gasteiger partial charge < -0.3 is 5.32 Å². The van der Waals surface area contributed by atoms with Crippen molar-refractivity contribution in [2.75, 3.05) is 0 Å². The molecule has 17 heavy (non-hydrogen) atoms. The Morgan fingerprint density at radius 2 is 1.94 bits per heavy atom. The Kier molecular flexibility index (Phi) is 4.47. The average molecular weight is 252 g/mol. The molecule has 1 fully saturated rings. The van der Waals surface area contributed by atoms with E-state index < -0.39 is 0 Å². The second-order valence-electron chi connectivity index (χ2n) is 5.28. The van der Waals surface area contributed by atoms with E-state index in [-0.39, 0.29) is 0 Å². The van der Waals surface area contributed by atoms with Crippen LogP contribution in [0.1, 0.15) is 51.1 Å². The van der Waals surface area contributed by atoms with E-state index in [2.05, 4.69) is 31.3 Å². The van der Waals surface area contributed by atoms with Crippen LogP contribution in [0.2, 0.25) is 5.02 Å². The van der Waals surface area contributed by atoms with Crippen molar-refractivity contribution in [1.29, 1.82) is 0 Å². The SMILES string of the molecule is CC(N[C@H](C)C1CCCC1)c1cccc(Cl)c1. The summed E-state index contributed by atoms with van der Waals surface area (Å²) in [5, 5.41) is 4.53. The molecule has 2 atom stereocenters. The minimum absolute atomic E-state index is 0.379. The van der Waals surface area contributed by atoms with Crippen LogP contribution in [0.3, 0.4) is 0 Å². The summed E-state index contributed by atoms with van der Waals surface area (Å²) in [5.41, 5.74) is 1.28. The summed E-state index contributed by atoms with van der Waals surface area (Å²) < 4.78 is 0. The van der Waals surface area contributed by atoms with Crippen LogP contribution in [-0.2, 0) is 0 Å². The first-order valence-electron chi connectivity index (χ1n) is 6.68. The zero-order valence-corrected chi connectivity index (χ0v) is 11.5. The first kappa shape index (κ1) is 12.9. The smallest absolute Gasteiger partial charge is 0.0409 e. The van der Waals surface area contributed by atoms with Crippen LogP contribution in [0, 0.1) is 5.92 Å². The van der Waals surface area contributed by atoms with Crippen LogP contribution in [0.25, 0.3) is 0 Å². The molecule has 1 unspecified atom stereocenters. The van der Waals surface area contributed by atoms with Gasteiger partial charge in [-0.2, -0.15) is 0 Å². The lowest BCUT2D eigenvalue weighted by atomic mass is 9.98. The van der Waals surface area contributed by atoms with Crippen LogP contribution in [-0.4, -0.2) is 6.04 Å². The van der Waals surface area contributed by atoms with E-state index in [1.54, 1.807) is 0 Å². The molecule has 1 aromatic rings. The Balaban J connectivity index is 1.93. The topological polar surface area (TPSA) is 12.0 Å². The largest absolute Gasteiger partial charge is 0.307 e. The first-order chi connectivity index (χ1) is 8.16. The van der Waals surface area contributed by atoms with E-state index in [4.69, 9.17) is 11.6 Å². The molecule has 1 aliphatic rings. The summed E-state index contributed by atoms with van der Waals surface area (Å²) in [6.45, 7) is 4.54. The van der Waals surface area contributed by atoms with E-state index in [1.165, 1.54) is 31.2 Å². The second kappa shape index (κ2) is 5.88. The van der Waals surface area contributed by atoms with Gasteiger partial charge in [0.1, 0.15) is 0 Å². The molecule has 0 bridgehead atoms. The molecular formula is C15H22ClN. The summed E-state index contributed by atoms with van der Waals surface area (Å²) in [7, 11) is 0. The lowest BCUT2D eigenvalue weighted by molar-refractivity contribution is 0.352. The van der Waals surface area contributed by atoms with Crippen molar-refractivity contribution in [2.24, 2.45) is 5.92 Å². The molecule has 1 saturated carbocycles. The Morgan fingerprint density at radius 3 is 2.59 bits per heavy atom. The maximum absolute atomic E-state index is 6.02. The third-order valence-electron chi connectivity index (χ3n) is 3.97. The van der Waals surface area contributed by atoms with Crippen molar-refractivity contribution < 1.29 is 0 Å². The lowest BCUT2D eigenvalue weighted by Gasteiger charge is -2.25. The zero-order chi connectivity index (χ0) is 12.3. The van der Waals surface area contributed by atoms with Crippen LogP contribution in [0.4, 0.5) is 0 Å². The van der Waals surface area contributed by atoms with Gasteiger partial charge in [0.25, 0.3) is 0 Å². The highest BCUT2D eigenvalue weighted by atomic mass is 35.5. The highest BCUT2D eigenvalue weighted by Gasteiger charge is 2.22. The summed E-state index contributed by atoms with van der Waals surface area (Å²) in [5.74, 6) is 0.858. The molecule has 94 valence electrons. The minimum Gasteiger partial charge on any atom is -0.307 e. The monoisotopic (exact) mass is 251 g/mol. The van der Waals surface area contributed by atoms with Crippen LogP contribution in [0.15, 0.2) is 24.3 Å². The molecule has 2 rings (SSSR count). The van der Waals surface area contributed by atoms with Gasteiger partial charge in [0.05, 0.1) is 0 Å². The van der Waals surface area contributed by atoms with Gasteiger partial charge in [-0.15, -0.1) is 0 Å². The molecule has 0 heterocycles. The van der Waals surface area contributed by atoms with E-state index in [9.17, 15) is 0 Å². The average Bonchev–Trinajstić information content (AvgIpc) is 2.82. The third-order valence-corrected chi connectivity index (χ3v) is 4.20.